The molecule has 1 atom stereocenters. The molecule has 5 nitrogen and oxygen atoms in total. The second-order valence-electron chi connectivity index (χ2n) is 2.05. The monoisotopic (exact) mass is 261 g/mol. The van der Waals surface area contributed by atoms with E-state index in [1.54, 1.807) is 0 Å². The highest BCUT2D eigenvalue weighted by Crippen LogP contribution is 2.40. The Kier molecular flexibility index (Phi) is 1.48. The molecule has 0 radical (unpaired) electrons. The molecule has 6 heteroatoms. The molecule has 2 heterocycles. The number of azo groups is 1. The summed E-state index contributed by atoms with van der Waals surface area (Å²) >= 11 is 2.13. The van der Waals surface area contributed by atoms with Gasteiger partial charge < -0.3 is 5.73 Å². The second kappa shape index (κ2) is 2.36. The summed E-state index contributed by atoms with van der Waals surface area (Å²) in [6, 6.07) is 0. The van der Waals surface area contributed by atoms with Crippen molar-refractivity contribution in [2.75, 3.05) is 5.73 Å². The zero-order valence-corrected chi connectivity index (χ0v) is 7.56. The molecule has 0 spiro atoms. The van der Waals surface area contributed by atoms with Gasteiger partial charge in [-0.05, 0) is 22.6 Å². The molecule has 1 aliphatic rings. The van der Waals surface area contributed by atoms with E-state index >= 15 is 0 Å². The molecule has 0 unspecified atom stereocenters. The Morgan fingerprint density at radius 1 is 1.45 bits per heavy atom. The number of nitrogens with zero attached hydrogens (tertiary/aromatic N) is 4. The Morgan fingerprint density at radius 2 is 2.27 bits per heavy atom. The predicted octanol–water partition coefficient (Wildman–Crippen LogP) is 1.59. The van der Waals surface area contributed by atoms with Crippen molar-refractivity contribution in [2.24, 2.45) is 10.2 Å². The SMILES string of the molecule is Nc1ncnc2c1[C@@H](I)N=N2. The van der Waals surface area contributed by atoms with Gasteiger partial charge in [0.15, 0.2) is 9.87 Å². The lowest BCUT2D eigenvalue weighted by Gasteiger charge is -1.99. The summed E-state index contributed by atoms with van der Waals surface area (Å²) < 4.78 is -0.0243. The highest BCUT2D eigenvalue weighted by Gasteiger charge is 2.21. The van der Waals surface area contributed by atoms with E-state index in [-0.39, 0.29) is 4.05 Å². The van der Waals surface area contributed by atoms with E-state index < -0.39 is 0 Å². The van der Waals surface area contributed by atoms with Gasteiger partial charge in [-0.3, -0.25) is 0 Å². The maximum atomic E-state index is 5.59. The standard InChI is InChI=1S/C5H4IN5/c6-3-2-4(7)8-1-9-5(2)11-10-3/h1,3H,(H2,7,8,9)/t3-/m0/s1. The Morgan fingerprint density at radius 3 is 3.00 bits per heavy atom. The first-order valence-electron chi connectivity index (χ1n) is 2.94. The number of hydrogen-bond acceptors (Lipinski definition) is 5. The lowest BCUT2D eigenvalue weighted by Crippen LogP contribution is -1.97. The summed E-state index contributed by atoms with van der Waals surface area (Å²) in [6.45, 7) is 0. The minimum Gasteiger partial charge on any atom is -0.383 e. The number of hydrogen-bond donors (Lipinski definition) is 1. The van der Waals surface area contributed by atoms with Gasteiger partial charge in [-0.15, -0.1) is 5.11 Å². The maximum Gasteiger partial charge on any atom is 0.185 e. The van der Waals surface area contributed by atoms with Crippen molar-refractivity contribution in [2.45, 2.75) is 4.05 Å². The molecule has 0 aromatic carbocycles. The van der Waals surface area contributed by atoms with Crippen LogP contribution in [0.25, 0.3) is 0 Å². The quantitative estimate of drug-likeness (QED) is 0.437. The summed E-state index contributed by atoms with van der Waals surface area (Å²) in [6.07, 6.45) is 1.39. The smallest absolute Gasteiger partial charge is 0.185 e. The minimum absolute atomic E-state index is 0.0243. The Bertz CT molecular complexity index is 323. The minimum atomic E-state index is -0.0243. The van der Waals surface area contributed by atoms with Gasteiger partial charge in [-0.1, -0.05) is 0 Å². The highest BCUT2D eigenvalue weighted by atomic mass is 127. The number of aromatic nitrogens is 2. The average molecular weight is 261 g/mol. The lowest BCUT2D eigenvalue weighted by atomic mass is 10.3. The fourth-order valence-electron chi connectivity index (χ4n) is 0.871. The first kappa shape index (κ1) is 6.89. The van der Waals surface area contributed by atoms with Crippen LogP contribution in [0.5, 0.6) is 0 Å². The highest BCUT2D eigenvalue weighted by molar-refractivity contribution is 14.1. The van der Waals surface area contributed by atoms with Crippen LogP contribution in [-0.4, -0.2) is 9.97 Å². The summed E-state index contributed by atoms with van der Waals surface area (Å²) in [5.74, 6) is 1.07. The number of nitrogens with two attached hydrogens (primary N) is 1. The van der Waals surface area contributed by atoms with Gasteiger partial charge in [-0.25, -0.2) is 9.97 Å². The fraction of sp³-hybridized carbons (Fsp3) is 0.200. The molecule has 2 rings (SSSR count). The molecular formula is C5H4IN5. The van der Waals surface area contributed by atoms with Gasteiger partial charge in [0, 0.05) is 0 Å². The first-order valence-corrected chi connectivity index (χ1v) is 4.19. The van der Waals surface area contributed by atoms with E-state index in [4.69, 9.17) is 5.73 Å². The van der Waals surface area contributed by atoms with Gasteiger partial charge in [0.2, 0.25) is 0 Å². The molecule has 1 aliphatic heterocycles. The number of rotatable bonds is 0. The molecule has 0 bridgehead atoms. The lowest BCUT2D eigenvalue weighted by molar-refractivity contribution is 1.04. The third-order valence-corrected chi connectivity index (χ3v) is 2.26. The normalized spacial score (nSPS) is 20.3. The van der Waals surface area contributed by atoms with Crippen LogP contribution in [0.15, 0.2) is 16.6 Å². The molecular weight excluding hydrogens is 257 g/mol. The van der Waals surface area contributed by atoms with Crippen molar-refractivity contribution < 1.29 is 0 Å². The average Bonchev–Trinajstić information content (AvgIpc) is 2.34. The van der Waals surface area contributed by atoms with Crippen molar-refractivity contribution in [3.63, 3.8) is 0 Å². The zero-order chi connectivity index (χ0) is 7.84. The number of nitrogen functional groups attached to an aromatic ring is 1. The molecule has 11 heavy (non-hydrogen) atoms. The van der Waals surface area contributed by atoms with Crippen molar-refractivity contribution in [1.29, 1.82) is 0 Å². The Hall–Kier alpha value is -0.790. The molecule has 1 aromatic rings. The van der Waals surface area contributed by atoms with E-state index in [1.807, 2.05) is 0 Å². The van der Waals surface area contributed by atoms with Crippen molar-refractivity contribution >= 4 is 34.2 Å². The van der Waals surface area contributed by atoms with Crippen LogP contribution in [0.3, 0.4) is 0 Å². The second-order valence-corrected chi connectivity index (χ2v) is 3.23. The first-order chi connectivity index (χ1) is 5.29. The topological polar surface area (TPSA) is 76.5 Å². The largest absolute Gasteiger partial charge is 0.383 e. The van der Waals surface area contributed by atoms with Crippen LogP contribution >= 0.6 is 22.6 Å². The molecule has 0 fully saturated rings. The van der Waals surface area contributed by atoms with Gasteiger partial charge in [0.25, 0.3) is 0 Å². The van der Waals surface area contributed by atoms with Crippen LogP contribution in [0.1, 0.15) is 9.61 Å². The summed E-state index contributed by atoms with van der Waals surface area (Å²) in [7, 11) is 0. The van der Waals surface area contributed by atoms with Crippen LogP contribution in [-0.2, 0) is 0 Å². The van der Waals surface area contributed by atoms with E-state index in [9.17, 15) is 0 Å². The number of fused-ring (bicyclic) bond motifs is 1. The van der Waals surface area contributed by atoms with Crippen LogP contribution in [0.4, 0.5) is 11.6 Å². The van der Waals surface area contributed by atoms with E-state index in [0.29, 0.717) is 11.6 Å². The van der Waals surface area contributed by atoms with Gasteiger partial charge in [0.05, 0.1) is 5.56 Å². The van der Waals surface area contributed by atoms with E-state index in [2.05, 4.69) is 42.8 Å². The Labute approximate surface area is 76.3 Å². The molecule has 0 saturated carbocycles. The molecule has 0 saturated heterocycles. The zero-order valence-electron chi connectivity index (χ0n) is 5.40. The number of halogens is 1. The molecule has 56 valence electrons. The molecule has 0 aliphatic carbocycles. The number of anilines is 1. The van der Waals surface area contributed by atoms with Gasteiger partial charge in [0.1, 0.15) is 12.1 Å². The van der Waals surface area contributed by atoms with Crippen molar-refractivity contribution in [3.8, 4) is 0 Å². The molecule has 2 N–H and O–H groups in total. The van der Waals surface area contributed by atoms with Crippen LogP contribution in [0.2, 0.25) is 0 Å². The van der Waals surface area contributed by atoms with Crippen LogP contribution in [0, 0.1) is 0 Å². The third kappa shape index (κ3) is 0.971. The Balaban J connectivity index is 2.65. The van der Waals surface area contributed by atoms with Crippen LogP contribution < -0.4 is 5.73 Å². The maximum absolute atomic E-state index is 5.59. The third-order valence-electron chi connectivity index (χ3n) is 1.39. The van der Waals surface area contributed by atoms with E-state index in [0.717, 1.165) is 5.56 Å². The molecule has 1 aromatic heterocycles. The summed E-state index contributed by atoms with van der Waals surface area (Å²) in [4.78, 5) is 7.76. The summed E-state index contributed by atoms with van der Waals surface area (Å²) in [5.41, 5.74) is 6.41. The van der Waals surface area contributed by atoms with Crippen molar-refractivity contribution in [1.82, 2.24) is 9.97 Å². The van der Waals surface area contributed by atoms with Crippen molar-refractivity contribution in [3.05, 3.63) is 11.9 Å². The van der Waals surface area contributed by atoms with Gasteiger partial charge in [-0.2, -0.15) is 5.11 Å². The summed E-state index contributed by atoms with van der Waals surface area (Å²) in [5, 5.41) is 7.72. The number of alkyl halides is 1. The fourth-order valence-corrected chi connectivity index (χ4v) is 1.59. The van der Waals surface area contributed by atoms with Gasteiger partial charge >= 0.3 is 0 Å². The predicted molar refractivity (Wildman–Crippen MR) is 47.7 cm³/mol. The van der Waals surface area contributed by atoms with E-state index in [1.165, 1.54) is 6.33 Å². The molecule has 0 amide bonds.